The maximum Gasteiger partial charge on any atom is 0.270 e. The van der Waals surface area contributed by atoms with E-state index in [1.165, 1.54) is 12.1 Å². The van der Waals surface area contributed by atoms with Crippen molar-refractivity contribution in [2.75, 3.05) is 11.1 Å². The summed E-state index contributed by atoms with van der Waals surface area (Å²) >= 11 is 0.826. The van der Waals surface area contributed by atoms with E-state index in [1.807, 2.05) is 0 Å². The molecule has 0 saturated carbocycles. The van der Waals surface area contributed by atoms with Crippen LogP contribution >= 0.6 is 11.8 Å². The molecular weight excluding hydrogens is 472 g/mol. The van der Waals surface area contributed by atoms with Crippen molar-refractivity contribution < 1.29 is 22.0 Å². The van der Waals surface area contributed by atoms with Gasteiger partial charge in [0.05, 0.1) is 22.5 Å². The average Bonchev–Trinajstić information content (AvgIpc) is 2.78. The summed E-state index contributed by atoms with van der Waals surface area (Å²) in [6, 6.07) is 9.09. The summed E-state index contributed by atoms with van der Waals surface area (Å²) in [6.07, 6.45) is 3.80. The summed E-state index contributed by atoms with van der Waals surface area (Å²) in [5, 5.41) is 2.30. The van der Waals surface area contributed by atoms with Crippen LogP contribution in [0.25, 0.3) is 0 Å². The number of nitrogens with one attached hydrogen (secondary N) is 2. The molecule has 2 N–H and O–H groups in total. The molecule has 11 heteroatoms. The maximum atomic E-state index is 13.6. The molecule has 0 spiro atoms. The van der Waals surface area contributed by atoms with Gasteiger partial charge in [0, 0.05) is 6.07 Å². The van der Waals surface area contributed by atoms with Crippen molar-refractivity contribution in [2.24, 2.45) is 0 Å². The first kappa shape index (κ1) is 24.6. The number of H-pyrrole nitrogens is 1. The first-order chi connectivity index (χ1) is 15.7. The normalized spacial score (nSPS) is 11.4. The molecule has 0 bridgehead atoms. The Balaban J connectivity index is 1.67. The van der Waals surface area contributed by atoms with E-state index in [2.05, 4.69) is 22.2 Å². The van der Waals surface area contributed by atoms with Gasteiger partial charge in [0.2, 0.25) is 15.7 Å². The van der Waals surface area contributed by atoms with Gasteiger partial charge in [-0.3, -0.25) is 9.59 Å². The third-order valence-electron chi connectivity index (χ3n) is 4.63. The summed E-state index contributed by atoms with van der Waals surface area (Å²) in [7, 11) is -4.07. The van der Waals surface area contributed by atoms with Crippen molar-refractivity contribution in [2.45, 2.75) is 41.1 Å². The molecule has 33 heavy (non-hydrogen) atoms. The number of hydrogen-bond donors (Lipinski definition) is 2. The van der Waals surface area contributed by atoms with Crippen molar-refractivity contribution in [3.05, 3.63) is 76.2 Å². The molecule has 3 aromatic rings. The van der Waals surface area contributed by atoms with Crippen molar-refractivity contribution >= 4 is 33.2 Å². The summed E-state index contributed by atoms with van der Waals surface area (Å²) in [5.74, 6) is -2.56. The molecule has 0 aliphatic carbocycles. The van der Waals surface area contributed by atoms with Crippen molar-refractivity contribution in [1.82, 2.24) is 9.97 Å². The van der Waals surface area contributed by atoms with Crippen molar-refractivity contribution in [1.29, 1.82) is 0 Å². The lowest BCUT2D eigenvalue weighted by Gasteiger charge is -2.07. The van der Waals surface area contributed by atoms with Gasteiger partial charge >= 0.3 is 0 Å². The van der Waals surface area contributed by atoms with E-state index in [0.717, 1.165) is 54.9 Å². The van der Waals surface area contributed by atoms with Gasteiger partial charge in [0.15, 0.2) is 10.1 Å². The number of nitrogens with zero attached hydrogens (tertiary/aromatic N) is 1. The zero-order valence-electron chi connectivity index (χ0n) is 17.6. The third-order valence-corrected chi connectivity index (χ3v) is 7.28. The van der Waals surface area contributed by atoms with Crippen molar-refractivity contribution in [3.63, 3.8) is 0 Å². The topological polar surface area (TPSA) is 109 Å². The van der Waals surface area contributed by atoms with Crippen LogP contribution in [0.15, 0.2) is 68.4 Å². The van der Waals surface area contributed by atoms with Crippen LogP contribution in [0.4, 0.5) is 14.5 Å². The summed E-state index contributed by atoms with van der Waals surface area (Å²) in [5.41, 5.74) is -0.0495. The minimum Gasteiger partial charge on any atom is -0.323 e. The van der Waals surface area contributed by atoms with E-state index in [4.69, 9.17) is 0 Å². The van der Waals surface area contributed by atoms with Crippen LogP contribution in [0.3, 0.4) is 0 Å². The van der Waals surface area contributed by atoms with Crippen LogP contribution in [0, 0.1) is 11.6 Å². The van der Waals surface area contributed by atoms with E-state index in [1.54, 1.807) is 12.1 Å². The molecular formula is C22H21F2N3O4S2. The summed E-state index contributed by atoms with van der Waals surface area (Å²) in [6.45, 7) is 2.07. The second kappa shape index (κ2) is 10.7. The Labute approximate surface area is 193 Å². The van der Waals surface area contributed by atoms with Crippen LogP contribution in [-0.2, 0) is 21.1 Å². The molecule has 0 saturated heterocycles. The molecule has 0 atom stereocenters. The second-order valence-corrected chi connectivity index (χ2v) is 9.98. The summed E-state index contributed by atoms with van der Waals surface area (Å²) in [4.78, 5) is 30.2. The predicted octanol–water partition coefficient (Wildman–Crippen LogP) is 3.95. The second-order valence-electron chi connectivity index (χ2n) is 7.09. The number of carbonyl (C=O) groups is 1. The number of halogens is 2. The molecule has 174 valence electrons. The Morgan fingerprint density at radius 2 is 1.88 bits per heavy atom. The third kappa shape index (κ3) is 6.26. The number of aromatic amines is 1. The van der Waals surface area contributed by atoms with Gasteiger partial charge in [0.1, 0.15) is 11.6 Å². The Morgan fingerprint density at radius 1 is 1.15 bits per heavy atom. The highest BCUT2D eigenvalue weighted by atomic mass is 32.2. The van der Waals surface area contributed by atoms with Crippen LogP contribution in [0.5, 0.6) is 0 Å². The molecule has 0 aliphatic heterocycles. The first-order valence-electron chi connectivity index (χ1n) is 10.0. The number of hydrogen-bond acceptors (Lipinski definition) is 6. The van der Waals surface area contributed by atoms with Gasteiger partial charge in [-0.15, -0.1) is 0 Å². The number of sulfone groups is 1. The van der Waals surface area contributed by atoms with E-state index in [-0.39, 0.29) is 21.5 Å². The number of unbranched alkanes of at least 4 members (excludes halogenated alkanes) is 1. The van der Waals surface area contributed by atoms with E-state index in [9.17, 15) is 26.8 Å². The van der Waals surface area contributed by atoms with Crippen LogP contribution in [0.1, 0.15) is 25.3 Å². The number of thioether (sulfide) groups is 1. The smallest absolute Gasteiger partial charge is 0.270 e. The van der Waals surface area contributed by atoms with Gasteiger partial charge in [-0.1, -0.05) is 37.2 Å². The van der Waals surface area contributed by atoms with Gasteiger partial charge in [0.25, 0.3) is 5.56 Å². The zero-order chi connectivity index (χ0) is 24.0. The molecule has 0 aliphatic rings. The van der Waals surface area contributed by atoms with E-state index < -0.39 is 37.8 Å². The Morgan fingerprint density at radius 3 is 2.52 bits per heavy atom. The maximum absolute atomic E-state index is 13.6. The van der Waals surface area contributed by atoms with Gasteiger partial charge < -0.3 is 10.3 Å². The minimum absolute atomic E-state index is 0.0172. The van der Waals surface area contributed by atoms with Crippen molar-refractivity contribution in [3.8, 4) is 0 Å². The highest BCUT2D eigenvalue weighted by Crippen LogP contribution is 2.20. The molecule has 1 aromatic heterocycles. The molecule has 7 nitrogen and oxygen atoms in total. The molecule has 1 amide bonds. The largest absolute Gasteiger partial charge is 0.323 e. The summed E-state index contributed by atoms with van der Waals surface area (Å²) < 4.78 is 52.2. The van der Waals surface area contributed by atoms with E-state index in [0.29, 0.717) is 6.07 Å². The fourth-order valence-corrected chi connectivity index (χ4v) is 4.75. The number of aromatic nitrogens is 2. The highest BCUT2D eigenvalue weighted by Gasteiger charge is 2.22. The molecule has 0 unspecified atom stereocenters. The first-order valence-corrected chi connectivity index (χ1v) is 12.5. The zero-order valence-corrected chi connectivity index (χ0v) is 19.2. The lowest BCUT2D eigenvalue weighted by atomic mass is 10.1. The fraction of sp³-hybridized carbons (Fsp3) is 0.227. The van der Waals surface area contributed by atoms with Crippen LogP contribution in [0.2, 0.25) is 0 Å². The number of rotatable bonds is 9. The Hall–Kier alpha value is -3.05. The average molecular weight is 494 g/mol. The number of aryl methyl sites for hydroxylation is 1. The number of anilines is 1. The Bertz CT molecular complexity index is 1310. The SMILES string of the molecule is CCCCc1ccc(S(=O)(=O)c2cnc(SCC(=O)Nc3ccc(F)cc3F)[nH]c2=O)cc1. The van der Waals surface area contributed by atoms with Crippen LogP contribution < -0.4 is 10.9 Å². The van der Waals surface area contributed by atoms with Crippen LogP contribution in [-0.4, -0.2) is 30.0 Å². The van der Waals surface area contributed by atoms with Gasteiger partial charge in [-0.05, 0) is 42.7 Å². The fourth-order valence-electron chi connectivity index (χ4n) is 2.89. The minimum atomic E-state index is -4.07. The Kier molecular flexibility index (Phi) is 7.98. The van der Waals surface area contributed by atoms with Gasteiger partial charge in [-0.25, -0.2) is 22.2 Å². The standard InChI is InChI=1S/C22H21F2N3O4S2/c1-2-3-4-14-5-8-16(9-6-14)33(30,31)19-12-25-22(27-21(19)29)32-13-20(28)26-18-10-7-15(23)11-17(18)24/h5-12H,2-4,13H2,1H3,(H,26,28)(H,25,27,29). The molecule has 0 radical (unpaired) electrons. The van der Waals surface area contributed by atoms with Gasteiger partial charge in [-0.2, -0.15) is 0 Å². The monoisotopic (exact) mass is 493 g/mol. The predicted molar refractivity (Wildman–Crippen MR) is 121 cm³/mol. The number of benzene rings is 2. The lowest BCUT2D eigenvalue weighted by molar-refractivity contribution is -0.113. The number of amides is 1. The lowest BCUT2D eigenvalue weighted by Crippen LogP contribution is -2.20. The molecule has 1 heterocycles. The molecule has 3 rings (SSSR count). The molecule has 2 aromatic carbocycles. The molecule has 0 fully saturated rings. The van der Waals surface area contributed by atoms with E-state index >= 15 is 0 Å². The quantitative estimate of drug-likeness (QED) is 0.345. The highest BCUT2D eigenvalue weighted by molar-refractivity contribution is 7.99. The number of carbonyl (C=O) groups excluding carboxylic acids is 1.